The summed E-state index contributed by atoms with van der Waals surface area (Å²) < 4.78 is 6.93. The normalized spacial score (nSPS) is 15.3. The lowest BCUT2D eigenvalue weighted by atomic mass is 10.1. The molecule has 3 aromatic rings. The fraction of sp³-hybridized carbons (Fsp3) is 0.471. The van der Waals surface area contributed by atoms with Crippen LogP contribution in [0, 0.1) is 13.8 Å². The molecule has 4 rings (SSSR count). The van der Waals surface area contributed by atoms with Crippen LogP contribution in [0.4, 0.5) is 0 Å². The van der Waals surface area contributed by atoms with E-state index in [1.54, 1.807) is 13.1 Å². The Morgan fingerprint density at radius 2 is 2.00 bits per heavy atom. The second kappa shape index (κ2) is 6.25. The first kappa shape index (κ1) is 16.3. The Balaban J connectivity index is 2.08. The predicted molar refractivity (Wildman–Crippen MR) is 95.9 cm³/mol. The number of fused-ring (bicyclic) bond motifs is 1. The van der Waals surface area contributed by atoms with Gasteiger partial charge in [0.25, 0.3) is 5.56 Å². The van der Waals surface area contributed by atoms with Gasteiger partial charge in [-0.05, 0) is 31.6 Å². The van der Waals surface area contributed by atoms with E-state index in [0.717, 1.165) is 36.6 Å². The van der Waals surface area contributed by atoms with E-state index in [1.165, 1.54) is 11.8 Å². The first-order valence-electron chi connectivity index (χ1n) is 8.36. The maximum atomic E-state index is 13.4. The van der Waals surface area contributed by atoms with E-state index in [2.05, 4.69) is 20.1 Å². The molecule has 0 aromatic carbocycles. The number of hydrogen-bond acceptors (Lipinski definition) is 7. The first-order chi connectivity index (χ1) is 12.1. The van der Waals surface area contributed by atoms with Crippen molar-refractivity contribution < 1.29 is 4.52 Å². The van der Waals surface area contributed by atoms with Crippen molar-refractivity contribution in [2.75, 3.05) is 6.26 Å². The highest BCUT2D eigenvalue weighted by atomic mass is 32.2. The van der Waals surface area contributed by atoms with Crippen LogP contribution >= 0.6 is 11.8 Å². The van der Waals surface area contributed by atoms with Crippen LogP contribution in [0.25, 0.3) is 22.4 Å². The van der Waals surface area contributed by atoms with Gasteiger partial charge in [0.2, 0.25) is 11.7 Å². The molecule has 0 bridgehead atoms. The molecule has 1 saturated carbocycles. The zero-order valence-electron chi connectivity index (χ0n) is 14.4. The van der Waals surface area contributed by atoms with Crippen LogP contribution < -0.4 is 5.56 Å². The molecular formula is C17H19N5O2S. The van der Waals surface area contributed by atoms with Gasteiger partial charge in [0, 0.05) is 24.5 Å². The van der Waals surface area contributed by atoms with Gasteiger partial charge in [0.05, 0.1) is 5.56 Å². The van der Waals surface area contributed by atoms with E-state index in [-0.39, 0.29) is 11.6 Å². The molecule has 1 fully saturated rings. The van der Waals surface area contributed by atoms with E-state index in [1.807, 2.05) is 17.7 Å². The largest absolute Gasteiger partial charge is 0.339 e. The van der Waals surface area contributed by atoms with Crippen molar-refractivity contribution in [3.05, 3.63) is 28.0 Å². The van der Waals surface area contributed by atoms with Gasteiger partial charge in [-0.1, -0.05) is 29.8 Å². The second-order valence-corrected chi connectivity index (χ2v) is 7.12. The molecule has 0 radical (unpaired) electrons. The third kappa shape index (κ3) is 2.64. The van der Waals surface area contributed by atoms with Crippen molar-refractivity contribution in [3.63, 3.8) is 0 Å². The van der Waals surface area contributed by atoms with E-state index in [4.69, 9.17) is 4.52 Å². The molecule has 1 aliphatic carbocycles. The highest BCUT2D eigenvalue weighted by Crippen LogP contribution is 2.33. The molecule has 25 heavy (non-hydrogen) atoms. The van der Waals surface area contributed by atoms with Crippen molar-refractivity contribution in [1.82, 2.24) is 24.7 Å². The van der Waals surface area contributed by atoms with Crippen LogP contribution in [-0.4, -0.2) is 30.9 Å². The lowest BCUT2D eigenvalue weighted by Gasteiger charge is -2.19. The molecule has 0 unspecified atom stereocenters. The van der Waals surface area contributed by atoms with Gasteiger partial charge >= 0.3 is 0 Å². The van der Waals surface area contributed by atoms with Crippen LogP contribution in [0.3, 0.4) is 0 Å². The number of aryl methyl sites for hydroxylation is 2. The quantitative estimate of drug-likeness (QED) is 0.525. The molecule has 7 nitrogen and oxygen atoms in total. The number of thioether (sulfide) groups is 1. The summed E-state index contributed by atoms with van der Waals surface area (Å²) in [4.78, 5) is 26.7. The number of aromatic nitrogens is 5. The Morgan fingerprint density at radius 3 is 2.64 bits per heavy atom. The van der Waals surface area contributed by atoms with Crippen LogP contribution in [0.15, 0.2) is 20.7 Å². The number of rotatable bonds is 3. The van der Waals surface area contributed by atoms with Gasteiger partial charge in [0.15, 0.2) is 5.16 Å². The van der Waals surface area contributed by atoms with Gasteiger partial charge in [0.1, 0.15) is 5.65 Å². The van der Waals surface area contributed by atoms with Crippen molar-refractivity contribution in [2.45, 2.75) is 50.7 Å². The highest BCUT2D eigenvalue weighted by Gasteiger charge is 2.26. The van der Waals surface area contributed by atoms with Gasteiger partial charge < -0.3 is 4.52 Å². The molecule has 0 saturated heterocycles. The summed E-state index contributed by atoms with van der Waals surface area (Å²) in [5.41, 5.74) is 1.89. The van der Waals surface area contributed by atoms with Crippen LogP contribution in [0.5, 0.6) is 0 Å². The number of hydrogen-bond donors (Lipinski definition) is 0. The van der Waals surface area contributed by atoms with E-state index in [0.29, 0.717) is 28.1 Å². The summed E-state index contributed by atoms with van der Waals surface area (Å²) in [6.07, 6.45) is 7.96. The molecule has 0 amide bonds. The fourth-order valence-electron chi connectivity index (χ4n) is 3.58. The SMILES string of the molecule is CSc1ncc2c(C)c(-c3noc(C)n3)c(=O)n(C3CCCC3)c2n1. The Hall–Kier alpha value is -2.22. The lowest BCUT2D eigenvalue weighted by molar-refractivity contribution is 0.394. The summed E-state index contributed by atoms with van der Waals surface area (Å²) in [6, 6.07) is 0.159. The maximum Gasteiger partial charge on any atom is 0.263 e. The Kier molecular flexibility index (Phi) is 4.07. The Labute approximate surface area is 148 Å². The standard InChI is InChI=1S/C17H19N5O2S/c1-9-12-8-18-17(25-3)20-15(12)22(11-6-4-5-7-11)16(23)13(9)14-19-10(2)24-21-14/h8,11H,4-7H2,1-3H3. The summed E-state index contributed by atoms with van der Waals surface area (Å²) in [6.45, 7) is 3.61. The zero-order chi connectivity index (χ0) is 17.6. The number of pyridine rings is 1. The molecule has 1 aliphatic rings. The van der Waals surface area contributed by atoms with Crippen LogP contribution in [-0.2, 0) is 0 Å². The van der Waals surface area contributed by atoms with Gasteiger partial charge in [-0.25, -0.2) is 9.97 Å². The van der Waals surface area contributed by atoms with Crippen LogP contribution in [0.2, 0.25) is 0 Å². The Morgan fingerprint density at radius 1 is 1.24 bits per heavy atom. The predicted octanol–water partition coefficient (Wildman–Crippen LogP) is 3.30. The van der Waals surface area contributed by atoms with Crippen LogP contribution in [0.1, 0.15) is 43.2 Å². The first-order valence-corrected chi connectivity index (χ1v) is 9.59. The molecule has 0 atom stereocenters. The van der Waals surface area contributed by atoms with E-state index in [9.17, 15) is 4.79 Å². The lowest BCUT2D eigenvalue weighted by Crippen LogP contribution is -2.27. The summed E-state index contributed by atoms with van der Waals surface area (Å²) in [7, 11) is 0. The topological polar surface area (TPSA) is 86.7 Å². The van der Waals surface area contributed by atoms with Crippen molar-refractivity contribution in [1.29, 1.82) is 0 Å². The minimum absolute atomic E-state index is 0.0940. The fourth-order valence-corrected chi connectivity index (χ4v) is 3.92. The molecular weight excluding hydrogens is 338 g/mol. The van der Waals surface area contributed by atoms with E-state index >= 15 is 0 Å². The molecule has 0 aliphatic heterocycles. The average molecular weight is 357 g/mol. The highest BCUT2D eigenvalue weighted by molar-refractivity contribution is 7.98. The smallest absolute Gasteiger partial charge is 0.263 e. The third-order valence-electron chi connectivity index (χ3n) is 4.81. The third-order valence-corrected chi connectivity index (χ3v) is 5.37. The Bertz CT molecular complexity index is 1000. The second-order valence-electron chi connectivity index (χ2n) is 6.34. The molecule has 0 spiro atoms. The van der Waals surface area contributed by atoms with Crippen molar-refractivity contribution >= 4 is 22.8 Å². The van der Waals surface area contributed by atoms with Gasteiger partial charge in [-0.15, -0.1) is 0 Å². The molecule has 8 heteroatoms. The van der Waals surface area contributed by atoms with Crippen molar-refractivity contribution in [2.24, 2.45) is 0 Å². The van der Waals surface area contributed by atoms with Crippen molar-refractivity contribution in [3.8, 4) is 11.4 Å². The van der Waals surface area contributed by atoms with Gasteiger partial charge in [-0.2, -0.15) is 4.98 Å². The zero-order valence-corrected chi connectivity index (χ0v) is 15.3. The average Bonchev–Trinajstić information content (AvgIpc) is 3.27. The number of nitrogens with zero attached hydrogens (tertiary/aromatic N) is 5. The molecule has 0 N–H and O–H groups in total. The van der Waals surface area contributed by atoms with Gasteiger partial charge in [-0.3, -0.25) is 9.36 Å². The summed E-state index contributed by atoms with van der Waals surface area (Å²) in [5.74, 6) is 0.776. The van der Waals surface area contributed by atoms with E-state index < -0.39 is 0 Å². The molecule has 3 heterocycles. The molecule has 3 aromatic heterocycles. The minimum atomic E-state index is -0.0940. The monoisotopic (exact) mass is 357 g/mol. The molecule has 130 valence electrons. The summed E-state index contributed by atoms with van der Waals surface area (Å²) >= 11 is 1.47. The minimum Gasteiger partial charge on any atom is -0.339 e. The summed E-state index contributed by atoms with van der Waals surface area (Å²) in [5, 5.41) is 5.50. The maximum absolute atomic E-state index is 13.4.